The zero-order chi connectivity index (χ0) is 25.4. The molecule has 0 bridgehead atoms. The van der Waals surface area contributed by atoms with Crippen molar-refractivity contribution in [3.05, 3.63) is 40.6 Å². The highest BCUT2D eigenvalue weighted by atomic mass is 16.8. The third-order valence-electron chi connectivity index (χ3n) is 7.10. The molecule has 4 rings (SSSR count). The van der Waals surface area contributed by atoms with Crippen molar-refractivity contribution < 1.29 is 33.4 Å². The van der Waals surface area contributed by atoms with Crippen LogP contribution in [0.25, 0.3) is 5.57 Å². The first-order valence-corrected chi connectivity index (χ1v) is 12.4. The van der Waals surface area contributed by atoms with Crippen LogP contribution in [0.1, 0.15) is 70.1 Å². The third kappa shape index (κ3) is 4.65. The largest absolute Gasteiger partial charge is 0.427 e. The predicted molar refractivity (Wildman–Crippen MR) is 129 cm³/mol. The van der Waals surface area contributed by atoms with E-state index in [0.29, 0.717) is 56.8 Å². The van der Waals surface area contributed by atoms with Crippen LogP contribution in [0.4, 0.5) is 0 Å². The maximum absolute atomic E-state index is 14.1. The van der Waals surface area contributed by atoms with Crippen LogP contribution >= 0.6 is 0 Å². The summed E-state index contributed by atoms with van der Waals surface area (Å²) in [6.45, 7) is 12.6. The van der Waals surface area contributed by atoms with Gasteiger partial charge in [-0.25, -0.2) is 9.90 Å². The summed E-state index contributed by atoms with van der Waals surface area (Å²) in [5, 5.41) is 1.39. The van der Waals surface area contributed by atoms with Crippen LogP contribution in [-0.4, -0.2) is 54.9 Å². The van der Waals surface area contributed by atoms with Crippen LogP contribution < -0.4 is 0 Å². The first kappa shape index (κ1) is 25.8. The Morgan fingerprint density at radius 1 is 1.06 bits per heavy atom. The molecule has 35 heavy (non-hydrogen) atoms. The number of carbonyl (C=O) groups is 2. The molecule has 0 radical (unpaired) electrons. The van der Waals surface area contributed by atoms with Gasteiger partial charge in [-0.15, -0.1) is 0 Å². The van der Waals surface area contributed by atoms with Crippen LogP contribution in [0.5, 0.6) is 0 Å². The molecule has 1 amide bonds. The van der Waals surface area contributed by atoms with E-state index in [1.165, 1.54) is 5.06 Å². The summed E-state index contributed by atoms with van der Waals surface area (Å²) in [7, 11) is 0. The number of hydrogen-bond acceptors (Lipinski definition) is 7. The molecule has 2 heterocycles. The molecule has 8 heteroatoms. The fourth-order valence-corrected chi connectivity index (χ4v) is 5.15. The smallest absolute Gasteiger partial charge is 0.316 e. The molecule has 2 aliphatic heterocycles. The van der Waals surface area contributed by atoms with Gasteiger partial charge in [0.25, 0.3) is 5.91 Å². The quantitative estimate of drug-likeness (QED) is 0.333. The zero-order valence-corrected chi connectivity index (χ0v) is 21.7. The Morgan fingerprint density at radius 2 is 1.66 bits per heavy atom. The fraction of sp³-hybridized carbons (Fsp3) is 0.630. The van der Waals surface area contributed by atoms with Gasteiger partial charge in [0.15, 0.2) is 12.6 Å². The zero-order valence-electron chi connectivity index (χ0n) is 21.7. The number of nitrogens with zero attached hydrogens (tertiary/aromatic N) is 1. The van der Waals surface area contributed by atoms with E-state index in [2.05, 4.69) is 0 Å². The monoisotopic (exact) mass is 487 g/mol. The van der Waals surface area contributed by atoms with Crippen molar-refractivity contribution in [1.82, 2.24) is 5.06 Å². The number of ether oxygens (including phenoxy) is 4. The standard InChI is InChI=1S/C27H37NO7/c1-7-31-17-34-28-23(29)21(20-18(2)9-8-10-19(20)3)22(35-24(30)25(4,5)6)26(28)11-13-27(14-12-26)32-15-16-33-27/h8-10H,7,11-17H2,1-6H3. The third-order valence-corrected chi connectivity index (χ3v) is 7.10. The number of hydroxylamine groups is 2. The predicted octanol–water partition coefficient (Wildman–Crippen LogP) is 4.43. The molecule has 1 saturated heterocycles. The maximum atomic E-state index is 14.1. The second kappa shape index (κ2) is 9.65. The van der Waals surface area contributed by atoms with Crippen molar-refractivity contribution in [3.63, 3.8) is 0 Å². The number of esters is 1. The van der Waals surface area contributed by atoms with Gasteiger partial charge in [-0.05, 0) is 71.1 Å². The van der Waals surface area contributed by atoms with E-state index in [4.69, 9.17) is 23.8 Å². The van der Waals surface area contributed by atoms with Crippen LogP contribution in [0, 0.1) is 19.3 Å². The van der Waals surface area contributed by atoms with Gasteiger partial charge in [-0.1, -0.05) is 18.2 Å². The summed E-state index contributed by atoms with van der Waals surface area (Å²) >= 11 is 0. The van der Waals surface area contributed by atoms with E-state index in [0.717, 1.165) is 16.7 Å². The topological polar surface area (TPSA) is 83.5 Å². The minimum Gasteiger partial charge on any atom is -0.427 e. The molecule has 0 aromatic heterocycles. The average molecular weight is 488 g/mol. The van der Waals surface area contributed by atoms with E-state index in [1.807, 2.05) is 39.0 Å². The number of benzene rings is 1. The van der Waals surface area contributed by atoms with Gasteiger partial charge in [-0.2, -0.15) is 0 Å². The fourth-order valence-electron chi connectivity index (χ4n) is 5.15. The summed E-state index contributed by atoms with van der Waals surface area (Å²) in [5.74, 6) is -1.05. The molecule has 0 unspecified atom stereocenters. The highest BCUT2D eigenvalue weighted by molar-refractivity contribution is 6.23. The van der Waals surface area contributed by atoms with E-state index in [1.54, 1.807) is 20.8 Å². The summed E-state index contributed by atoms with van der Waals surface area (Å²) in [6, 6.07) is 5.86. The number of rotatable bonds is 6. The van der Waals surface area contributed by atoms with Gasteiger partial charge in [-0.3, -0.25) is 9.59 Å². The van der Waals surface area contributed by atoms with Crippen LogP contribution in [0.2, 0.25) is 0 Å². The van der Waals surface area contributed by atoms with Crippen molar-refractivity contribution in [2.24, 2.45) is 5.41 Å². The van der Waals surface area contributed by atoms with Crippen molar-refractivity contribution in [2.75, 3.05) is 26.6 Å². The molecule has 2 spiro atoms. The molecular formula is C27H37NO7. The molecule has 1 aliphatic carbocycles. The van der Waals surface area contributed by atoms with Gasteiger partial charge < -0.3 is 18.9 Å². The van der Waals surface area contributed by atoms with Crippen molar-refractivity contribution in [1.29, 1.82) is 0 Å². The second-order valence-electron chi connectivity index (χ2n) is 10.6. The summed E-state index contributed by atoms with van der Waals surface area (Å²) in [6.07, 6.45) is 2.02. The number of carbonyl (C=O) groups excluding carboxylic acids is 2. The SMILES string of the molecule is CCOCON1C(=O)C(c2c(C)cccc2C)=C(OC(=O)C(C)(C)C)C12CCC1(CC2)OCCO1. The first-order valence-electron chi connectivity index (χ1n) is 12.4. The molecule has 0 atom stereocenters. The van der Waals surface area contributed by atoms with E-state index < -0.39 is 22.7 Å². The molecule has 3 aliphatic rings. The lowest BCUT2D eigenvalue weighted by Crippen LogP contribution is -2.54. The Balaban J connectivity index is 1.86. The lowest BCUT2D eigenvalue weighted by Gasteiger charge is -2.45. The van der Waals surface area contributed by atoms with Crippen LogP contribution in [-0.2, 0) is 33.4 Å². The molecule has 2 fully saturated rings. The lowest BCUT2D eigenvalue weighted by molar-refractivity contribution is -0.268. The van der Waals surface area contributed by atoms with E-state index in [9.17, 15) is 9.59 Å². The lowest BCUT2D eigenvalue weighted by atomic mass is 9.77. The number of amides is 1. The van der Waals surface area contributed by atoms with Crippen molar-refractivity contribution in [2.45, 2.75) is 78.6 Å². The van der Waals surface area contributed by atoms with Gasteiger partial charge in [0.1, 0.15) is 11.3 Å². The summed E-state index contributed by atoms with van der Waals surface area (Å²) in [5.41, 5.74) is 1.27. The van der Waals surface area contributed by atoms with Gasteiger partial charge >= 0.3 is 5.97 Å². The van der Waals surface area contributed by atoms with E-state index >= 15 is 0 Å². The Kier molecular flexibility index (Phi) is 7.12. The molecule has 192 valence electrons. The molecule has 1 aromatic rings. The summed E-state index contributed by atoms with van der Waals surface area (Å²) < 4.78 is 23.5. The Labute approximate surface area is 207 Å². The van der Waals surface area contributed by atoms with Crippen molar-refractivity contribution in [3.8, 4) is 0 Å². The van der Waals surface area contributed by atoms with Gasteiger partial charge in [0, 0.05) is 19.4 Å². The minimum absolute atomic E-state index is 0.0807. The Hall–Kier alpha value is -2.26. The van der Waals surface area contributed by atoms with Gasteiger partial charge in [0.05, 0.1) is 24.2 Å². The Morgan fingerprint density at radius 3 is 2.20 bits per heavy atom. The van der Waals surface area contributed by atoms with Gasteiger partial charge in [0.2, 0.25) is 0 Å². The molecule has 0 N–H and O–H groups in total. The Bertz CT molecular complexity index is 987. The van der Waals surface area contributed by atoms with E-state index in [-0.39, 0.29) is 12.7 Å². The summed E-state index contributed by atoms with van der Waals surface area (Å²) in [4.78, 5) is 33.3. The normalized spacial score (nSPS) is 21.4. The number of aryl methyl sites for hydroxylation is 2. The highest BCUT2D eigenvalue weighted by Crippen LogP contribution is 2.53. The minimum atomic E-state index is -0.973. The maximum Gasteiger partial charge on any atom is 0.316 e. The molecule has 8 nitrogen and oxygen atoms in total. The van der Waals surface area contributed by atoms with Crippen LogP contribution in [0.15, 0.2) is 24.0 Å². The highest BCUT2D eigenvalue weighted by Gasteiger charge is 2.60. The molecule has 1 aromatic carbocycles. The first-order chi connectivity index (χ1) is 16.5. The molecule has 1 saturated carbocycles. The number of hydrogen-bond donors (Lipinski definition) is 0. The average Bonchev–Trinajstić information content (AvgIpc) is 3.33. The second-order valence-corrected chi connectivity index (χ2v) is 10.6. The van der Waals surface area contributed by atoms with Crippen LogP contribution in [0.3, 0.4) is 0 Å². The molecular weight excluding hydrogens is 450 g/mol. The van der Waals surface area contributed by atoms with Crippen molar-refractivity contribution >= 4 is 17.4 Å².